The third-order valence-corrected chi connectivity index (χ3v) is 3.50. The molecule has 5 heteroatoms. The van der Waals surface area contributed by atoms with E-state index in [1.54, 1.807) is 6.07 Å². The molecule has 17 heavy (non-hydrogen) atoms. The maximum absolute atomic E-state index is 6.19. The molecule has 3 nitrogen and oxygen atoms in total. The average Bonchev–Trinajstić information content (AvgIpc) is 2.94. The summed E-state index contributed by atoms with van der Waals surface area (Å²) < 4.78 is 10.6. The van der Waals surface area contributed by atoms with Crippen molar-refractivity contribution in [3.8, 4) is 11.5 Å². The molecule has 0 unspecified atom stereocenters. The van der Waals surface area contributed by atoms with Crippen LogP contribution in [0.2, 0.25) is 5.02 Å². The Morgan fingerprint density at radius 1 is 1.29 bits per heavy atom. The van der Waals surface area contributed by atoms with Crippen LogP contribution in [-0.4, -0.2) is 6.79 Å². The van der Waals surface area contributed by atoms with E-state index in [9.17, 15) is 0 Å². The van der Waals surface area contributed by atoms with Gasteiger partial charge in [-0.15, -0.1) is 12.4 Å². The lowest BCUT2D eigenvalue weighted by Crippen LogP contribution is -2.11. The van der Waals surface area contributed by atoms with Crippen molar-refractivity contribution < 1.29 is 9.47 Å². The first-order valence-electron chi connectivity index (χ1n) is 5.58. The van der Waals surface area contributed by atoms with Crippen molar-refractivity contribution in [3.63, 3.8) is 0 Å². The summed E-state index contributed by atoms with van der Waals surface area (Å²) in [5.41, 5.74) is 7.12. The van der Waals surface area contributed by atoms with Crippen LogP contribution < -0.4 is 15.2 Å². The van der Waals surface area contributed by atoms with Crippen LogP contribution in [0.5, 0.6) is 11.5 Å². The van der Waals surface area contributed by atoms with E-state index in [1.807, 2.05) is 6.07 Å². The predicted molar refractivity (Wildman–Crippen MR) is 69.1 cm³/mol. The minimum atomic E-state index is 0. The molecule has 0 radical (unpaired) electrons. The second-order valence-corrected chi connectivity index (χ2v) is 4.92. The molecular formula is C12H15Cl2NO2. The molecule has 94 valence electrons. The molecule has 0 saturated heterocycles. The Hall–Kier alpha value is -0.640. The van der Waals surface area contributed by atoms with Crippen LogP contribution in [0.25, 0.3) is 0 Å². The van der Waals surface area contributed by atoms with Gasteiger partial charge < -0.3 is 15.2 Å². The molecular weight excluding hydrogens is 261 g/mol. The van der Waals surface area contributed by atoms with E-state index in [0.29, 0.717) is 10.8 Å². The average molecular weight is 276 g/mol. The topological polar surface area (TPSA) is 44.5 Å². The monoisotopic (exact) mass is 275 g/mol. The fraction of sp³-hybridized carbons (Fsp3) is 0.500. The summed E-state index contributed by atoms with van der Waals surface area (Å²) in [6.45, 7) is 0.271. The summed E-state index contributed by atoms with van der Waals surface area (Å²) in [7, 11) is 0. The van der Waals surface area contributed by atoms with Gasteiger partial charge in [0.05, 0.1) is 0 Å². The Bertz CT molecular complexity index is 421. The zero-order valence-corrected chi connectivity index (χ0v) is 10.9. The van der Waals surface area contributed by atoms with Crippen molar-refractivity contribution >= 4 is 24.0 Å². The molecule has 1 heterocycles. The number of hydrogen-bond acceptors (Lipinski definition) is 3. The van der Waals surface area contributed by atoms with E-state index in [-0.39, 0.29) is 25.2 Å². The standard InChI is InChI=1S/C12H14ClNO2.ClH/c13-9-5-12-11(15-6-16-12)4-8(9)10(14)3-7-1-2-7;/h4-5,7,10H,1-3,6,14H2;1H/t10-;/m0./s1. The molecule has 1 atom stereocenters. The molecule has 1 fully saturated rings. The van der Waals surface area contributed by atoms with Gasteiger partial charge in [-0.05, 0) is 24.0 Å². The summed E-state index contributed by atoms with van der Waals surface area (Å²) in [6, 6.07) is 3.72. The van der Waals surface area contributed by atoms with E-state index < -0.39 is 0 Å². The van der Waals surface area contributed by atoms with Crippen LogP contribution in [0.1, 0.15) is 30.9 Å². The largest absolute Gasteiger partial charge is 0.454 e. The molecule has 0 aromatic heterocycles. The first-order valence-corrected chi connectivity index (χ1v) is 5.96. The fourth-order valence-corrected chi connectivity index (χ4v) is 2.35. The first-order chi connectivity index (χ1) is 7.74. The van der Waals surface area contributed by atoms with Crippen molar-refractivity contribution in [2.75, 3.05) is 6.79 Å². The van der Waals surface area contributed by atoms with Gasteiger partial charge in [0.1, 0.15) is 0 Å². The zero-order chi connectivity index (χ0) is 11.1. The van der Waals surface area contributed by atoms with Gasteiger partial charge in [0.25, 0.3) is 0 Å². The highest BCUT2D eigenvalue weighted by Gasteiger charge is 2.26. The van der Waals surface area contributed by atoms with Crippen LogP contribution >= 0.6 is 24.0 Å². The lowest BCUT2D eigenvalue weighted by molar-refractivity contribution is 0.174. The maximum Gasteiger partial charge on any atom is 0.231 e. The van der Waals surface area contributed by atoms with E-state index in [4.69, 9.17) is 26.8 Å². The second-order valence-electron chi connectivity index (χ2n) is 4.51. The van der Waals surface area contributed by atoms with E-state index >= 15 is 0 Å². The van der Waals surface area contributed by atoms with Crippen LogP contribution in [0.3, 0.4) is 0 Å². The molecule has 0 spiro atoms. The maximum atomic E-state index is 6.19. The summed E-state index contributed by atoms with van der Waals surface area (Å²) in [5, 5.41) is 0.678. The Morgan fingerprint density at radius 2 is 1.94 bits per heavy atom. The smallest absolute Gasteiger partial charge is 0.231 e. The summed E-state index contributed by atoms with van der Waals surface area (Å²) >= 11 is 6.19. The highest BCUT2D eigenvalue weighted by molar-refractivity contribution is 6.31. The van der Waals surface area contributed by atoms with Gasteiger partial charge in [-0.25, -0.2) is 0 Å². The van der Waals surface area contributed by atoms with E-state index in [1.165, 1.54) is 12.8 Å². The quantitative estimate of drug-likeness (QED) is 0.921. The number of halogens is 2. The number of hydrogen-bond donors (Lipinski definition) is 1. The third-order valence-electron chi connectivity index (χ3n) is 3.18. The van der Waals surface area contributed by atoms with Crippen molar-refractivity contribution in [3.05, 3.63) is 22.7 Å². The Morgan fingerprint density at radius 3 is 2.59 bits per heavy atom. The van der Waals surface area contributed by atoms with Crippen LogP contribution in [0.15, 0.2) is 12.1 Å². The summed E-state index contributed by atoms with van der Waals surface area (Å²) in [5.74, 6) is 2.26. The fourth-order valence-electron chi connectivity index (χ4n) is 2.06. The first kappa shape index (κ1) is 12.8. The number of rotatable bonds is 3. The van der Waals surface area contributed by atoms with Crippen molar-refractivity contribution in [1.29, 1.82) is 0 Å². The highest BCUT2D eigenvalue weighted by Crippen LogP contribution is 2.42. The molecule has 1 aliphatic carbocycles. The third kappa shape index (κ3) is 2.62. The molecule has 1 aromatic carbocycles. The number of fused-ring (bicyclic) bond motifs is 1. The van der Waals surface area contributed by atoms with Gasteiger partial charge in [0.15, 0.2) is 11.5 Å². The summed E-state index contributed by atoms with van der Waals surface area (Å²) in [4.78, 5) is 0. The van der Waals surface area contributed by atoms with Gasteiger partial charge in [-0.2, -0.15) is 0 Å². The SMILES string of the molecule is Cl.N[C@@H](CC1CC1)c1cc2c(cc1Cl)OCO2. The molecule has 2 N–H and O–H groups in total. The van der Waals surface area contributed by atoms with Crippen molar-refractivity contribution in [2.45, 2.75) is 25.3 Å². The number of nitrogens with two attached hydrogens (primary N) is 1. The Labute approximate surface area is 112 Å². The molecule has 3 rings (SSSR count). The molecule has 0 bridgehead atoms. The molecule has 2 aliphatic rings. The summed E-state index contributed by atoms with van der Waals surface area (Å²) in [6.07, 6.45) is 3.62. The zero-order valence-electron chi connectivity index (χ0n) is 9.32. The van der Waals surface area contributed by atoms with Gasteiger partial charge in [-0.3, -0.25) is 0 Å². The molecule has 1 saturated carbocycles. The predicted octanol–water partition coefficient (Wildman–Crippen LogP) is 3.29. The lowest BCUT2D eigenvalue weighted by atomic mass is 10.0. The van der Waals surface area contributed by atoms with Crippen LogP contribution in [0, 0.1) is 5.92 Å². The Kier molecular flexibility index (Phi) is 3.71. The van der Waals surface area contributed by atoms with Crippen molar-refractivity contribution in [1.82, 2.24) is 0 Å². The Balaban J connectivity index is 0.00000108. The lowest BCUT2D eigenvalue weighted by Gasteiger charge is -2.13. The van der Waals surface area contributed by atoms with Gasteiger partial charge in [0, 0.05) is 17.1 Å². The van der Waals surface area contributed by atoms with E-state index in [0.717, 1.165) is 23.7 Å². The number of benzene rings is 1. The number of ether oxygens (including phenoxy) is 2. The van der Waals surface area contributed by atoms with Gasteiger partial charge in [0.2, 0.25) is 6.79 Å². The van der Waals surface area contributed by atoms with Gasteiger partial charge in [-0.1, -0.05) is 24.4 Å². The normalized spacial score (nSPS) is 18.7. The molecule has 0 amide bonds. The van der Waals surface area contributed by atoms with E-state index in [2.05, 4.69) is 0 Å². The van der Waals surface area contributed by atoms with Crippen LogP contribution in [-0.2, 0) is 0 Å². The van der Waals surface area contributed by atoms with Gasteiger partial charge >= 0.3 is 0 Å². The minimum Gasteiger partial charge on any atom is -0.454 e. The molecule has 1 aromatic rings. The second kappa shape index (κ2) is 4.92. The minimum absolute atomic E-state index is 0. The van der Waals surface area contributed by atoms with Crippen LogP contribution in [0.4, 0.5) is 0 Å². The molecule has 1 aliphatic heterocycles. The highest BCUT2D eigenvalue weighted by atomic mass is 35.5. The van der Waals surface area contributed by atoms with Crippen molar-refractivity contribution in [2.24, 2.45) is 11.7 Å².